The molecule has 3 nitrogen and oxygen atoms in total. The van der Waals surface area contributed by atoms with Gasteiger partial charge in [0, 0.05) is 38.4 Å². The van der Waals surface area contributed by atoms with Crippen LogP contribution >= 0.6 is 0 Å². The molecule has 0 N–H and O–H groups in total. The number of hydrogen-bond donors (Lipinski definition) is 0. The number of nitrogens with zero attached hydrogens (tertiary/aromatic N) is 3. The molecule has 0 atom stereocenters. The van der Waals surface area contributed by atoms with Gasteiger partial charge in [-0.25, -0.2) is 9.97 Å². The summed E-state index contributed by atoms with van der Waals surface area (Å²) in [5.74, 6) is 0. The van der Waals surface area contributed by atoms with Crippen LogP contribution in [0, 0.1) is 0 Å². The van der Waals surface area contributed by atoms with Crippen molar-refractivity contribution in [2.75, 3.05) is 0 Å². The predicted octanol–water partition coefficient (Wildman–Crippen LogP) is 11.0. The lowest BCUT2D eigenvalue weighted by Crippen LogP contribution is -2.15. The Bertz CT molecular complexity index is 2830. The third-order valence-corrected chi connectivity index (χ3v) is 10.7. The lowest BCUT2D eigenvalue weighted by molar-refractivity contribution is 0.660. The lowest BCUT2D eigenvalue weighted by Gasteiger charge is -2.22. The summed E-state index contributed by atoms with van der Waals surface area (Å²) in [5, 5.41) is 7.60. The number of fused-ring (bicyclic) bond motifs is 13. The normalized spacial score (nSPS) is 14.0. The van der Waals surface area contributed by atoms with Crippen LogP contribution in [0.2, 0.25) is 0 Å². The van der Waals surface area contributed by atoms with Crippen LogP contribution < -0.4 is 0 Å². The van der Waals surface area contributed by atoms with Gasteiger partial charge in [-0.3, -0.25) is 0 Å². The summed E-state index contributed by atoms with van der Waals surface area (Å²) in [6, 6.07) is 46.6. The van der Waals surface area contributed by atoms with E-state index in [1.807, 2.05) is 12.1 Å². The highest BCUT2D eigenvalue weighted by Gasteiger charge is 2.36. The summed E-state index contributed by atoms with van der Waals surface area (Å²) in [6.45, 7) is 4.72. The smallest absolute Gasteiger partial charge is 0.0980 e. The van der Waals surface area contributed by atoms with Crippen molar-refractivity contribution in [1.82, 2.24) is 14.5 Å². The molecule has 3 heteroatoms. The fraction of sp³-hybridized carbons (Fsp3) is 0.0698. The Morgan fingerprint density at radius 3 is 2.02 bits per heavy atom. The number of benzene rings is 7. The van der Waals surface area contributed by atoms with Crippen LogP contribution in [-0.4, -0.2) is 14.5 Å². The van der Waals surface area contributed by atoms with Gasteiger partial charge in [-0.2, -0.15) is 0 Å². The van der Waals surface area contributed by atoms with Crippen molar-refractivity contribution in [2.24, 2.45) is 0 Å². The zero-order valence-electron chi connectivity index (χ0n) is 25.5. The molecule has 0 unspecified atom stereocenters. The third kappa shape index (κ3) is 2.89. The van der Waals surface area contributed by atoms with E-state index >= 15 is 0 Å². The van der Waals surface area contributed by atoms with E-state index in [2.05, 4.69) is 134 Å². The summed E-state index contributed by atoms with van der Waals surface area (Å²) < 4.78 is 2.49. The molecule has 0 fully saturated rings. The number of para-hydroxylation sites is 2. The third-order valence-electron chi connectivity index (χ3n) is 10.7. The van der Waals surface area contributed by atoms with E-state index in [0.29, 0.717) is 0 Å². The average molecular weight is 586 g/mol. The Morgan fingerprint density at radius 2 is 1.15 bits per heavy atom. The summed E-state index contributed by atoms with van der Waals surface area (Å²) in [4.78, 5) is 10.4. The highest BCUT2D eigenvalue weighted by atomic mass is 15.0. The van der Waals surface area contributed by atoms with Crippen molar-refractivity contribution in [3.63, 3.8) is 0 Å². The molecule has 0 spiro atoms. The van der Waals surface area contributed by atoms with E-state index in [1.165, 1.54) is 76.9 Å². The van der Waals surface area contributed by atoms with Crippen molar-refractivity contribution in [3.8, 4) is 39.3 Å². The molecule has 11 rings (SSSR count). The van der Waals surface area contributed by atoms with Crippen LogP contribution in [0.1, 0.15) is 25.0 Å². The largest absolute Gasteiger partial charge is 0.309 e. The van der Waals surface area contributed by atoms with E-state index in [1.54, 1.807) is 0 Å². The SMILES string of the molecule is CC1(C)c2ccccc2-c2ccc(-n3c4ccc5ccccc5c4c4c5cccc6c5c(cc43)-c3nc4ccccc4nc3-6)cc21. The van der Waals surface area contributed by atoms with Crippen LogP contribution in [0.3, 0.4) is 0 Å². The first-order chi connectivity index (χ1) is 22.6. The standard InChI is InChI=1S/C43H27N3/c1-43(2)32-15-6-5-12-27(32)28-20-19-25(22-33(28)43)46-36-21-18-24-10-3-4-11-26(24)39(36)40-29-13-9-14-30-38(29)31(23-37(40)46)42-41(30)44-34-16-7-8-17-35(34)45-42/h3-23H,1-2H3. The molecule has 9 aromatic rings. The van der Waals surface area contributed by atoms with E-state index in [4.69, 9.17) is 9.97 Å². The predicted molar refractivity (Wildman–Crippen MR) is 191 cm³/mol. The van der Waals surface area contributed by atoms with Crippen LogP contribution in [0.15, 0.2) is 127 Å². The molecule has 214 valence electrons. The zero-order chi connectivity index (χ0) is 30.3. The zero-order valence-corrected chi connectivity index (χ0v) is 25.5. The Hall–Kier alpha value is -5.80. The van der Waals surface area contributed by atoms with Crippen molar-refractivity contribution >= 4 is 54.4 Å². The van der Waals surface area contributed by atoms with E-state index < -0.39 is 0 Å². The van der Waals surface area contributed by atoms with Gasteiger partial charge in [0.2, 0.25) is 0 Å². The molecule has 46 heavy (non-hydrogen) atoms. The Kier molecular flexibility index (Phi) is 4.40. The van der Waals surface area contributed by atoms with Crippen molar-refractivity contribution in [1.29, 1.82) is 0 Å². The van der Waals surface area contributed by atoms with Gasteiger partial charge in [-0.05, 0) is 74.8 Å². The fourth-order valence-corrected chi connectivity index (χ4v) is 8.62. The molecule has 2 aliphatic carbocycles. The summed E-state index contributed by atoms with van der Waals surface area (Å²) in [5.41, 5.74) is 15.1. The molecule has 2 aromatic heterocycles. The van der Waals surface area contributed by atoms with Crippen molar-refractivity contribution in [2.45, 2.75) is 19.3 Å². The Balaban J connectivity index is 1.31. The van der Waals surface area contributed by atoms with Gasteiger partial charge in [-0.1, -0.05) is 105 Å². The molecule has 0 aliphatic heterocycles. The minimum Gasteiger partial charge on any atom is -0.309 e. The second kappa shape index (κ2) is 8.26. The van der Waals surface area contributed by atoms with Crippen LogP contribution in [-0.2, 0) is 5.41 Å². The topological polar surface area (TPSA) is 30.7 Å². The highest BCUT2D eigenvalue weighted by Crippen LogP contribution is 2.52. The molecule has 0 saturated carbocycles. The first kappa shape index (κ1) is 24.5. The van der Waals surface area contributed by atoms with Crippen LogP contribution in [0.25, 0.3) is 93.7 Å². The highest BCUT2D eigenvalue weighted by molar-refractivity contribution is 6.33. The fourth-order valence-electron chi connectivity index (χ4n) is 8.62. The van der Waals surface area contributed by atoms with Gasteiger partial charge < -0.3 is 4.57 Å². The molecular weight excluding hydrogens is 558 g/mol. The summed E-state index contributed by atoms with van der Waals surface area (Å²) in [6.07, 6.45) is 0. The molecule has 7 aromatic carbocycles. The van der Waals surface area contributed by atoms with Crippen molar-refractivity contribution in [3.05, 3.63) is 139 Å². The quantitative estimate of drug-likeness (QED) is 0.192. The first-order valence-electron chi connectivity index (χ1n) is 16.0. The Morgan fingerprint density at radius 1 is 0.478 bits per heavy atom. The molecule has 0 saturated heterocycles. The second-order valence-electron chi connectivity index (χ2n) is 13.4. The van der Waals surface area contributed by atoms with E-state index in [0.717, 1.165) is 28.0 Å². The molecule has 0 amide bonds. The van der Waals surface area contributed by atoms with Crippen LogP contribution in [0.5, 0.6) is 0 Å². The molecular formula is C43H27N3. The van der Waals surface area contributed by atoms with Gasteiger partial charge in [0.15, 0.2) is 0 Å². The van der Waals surface area contributed by atoms with Gasteiger partial charge in [0.25, 0.3) is 0 Å². The van der Waals surface area contributed by atoms with Gasteiger partial charge in [0.05, 0.1) is 33.5 Å². The van der Waals surface area contributed by atoms with E-state index in [-0.39, 0.29) is 5.41 Å². The summed E-state index contributed by atoms with van der Waals surface area (Å²) >= 11 is 0. The maximum Gasteiger partial charge on any atom is 0.0980 e. The minimum atomic E-state index is -0.0847. The molecule has 2 aliphatic rings. The number of aromatic nitrogens is 3. The molecule has 0 radical (unpaired) electrons. The van der Waals surface area contributed by atoms with Crippen molar-refractivity contribution < 1.29 is 0 Å². The number of hydrogen-bond acceptors (Lipinski definition) is 2. The monoisotopic (exact) mass is 585 g/mol. The molecule has 2 heterocycles. The maximum absolute atomic E-state index is 5.23. The average Bonchev–Trinajstić information content (AvgIpc) is 3.68. The Labute approximate surface area is 265 Å². The second-order valence-corrected chi connectivity index (χ2v) is 13.4. The van der Waals surface area contributed by atoms with Gasteiger partial charge in [0.1, 0.15) is 0 Å². The van der Waals surface area contributed by atoms with Gasteiger partial charge in [-0.15, -0.1) is 0 Å². The number of rotatable bonds is 1. The van der Waals surface area contributed by atoms with Gasteiger partial charge >= 0.3 is 0 Å². The van der Waals surface area contributed by atoms with E-state index in [9.17, 15) is 0 Å². The van der Waals surface area contributed by atoms with Crippen LogP contribution in [0.4, 0.5) is 0 Å². The summed E-state index contributed by atoms with van der Waals surface area (Å²) in [7, 11) is 0. The maximum atomic E-state index is 5.23. The first-order valence-corrected chi connectivity index (χ1v) is 16.0. The minimum absolute atomic E-state index is 0.0847. The molecule has 0 bridgehead atoms. The lowest BCUT2D eigenvalue weighted by atomic mass is 9.82.